The summed E-state index contributed by atoms with van der Waals surface area (Å²) < 4.78 is 5.12. The number of aromatic nitrogens is 2. The Hall–Kier alpha value is -0.860. The van der Waals surface area contributed by atoms with Crippen LogP contribution in [-0.2, 0) is 16.0 Å². The van der Waals surface area contributed by atoms with E-state index in [0.29, 0.717) is 12.3 Å². The number of imidazole rings is 1. The summed E-state index contributed by atoms with van der Waals surface area (Å²) in [7, 11) is 3.59. The number of hydrogen-bond donors (Lipinski definition) is 2. The fourth-order valence-corrected chi connectivity index (χ4v) is 3.09. The number of methoxy groups -OCH3 is 1. The van der Waals surface area contributed by atoms with Gasteiger partial charge < -0.3 is 25.3 Å². The van der Waals surface area contributed by atoms with Crippen molar-refractivity contribution in [2.45, 2.75) is 25.3 Å². The van der Waals surface area contributed by atoms with Gasteiger partial charge in [0.25, 0.3) is 0 Å². The van der Waals surface area contributed by atoms with Gasteiger partial charge in [0, 0.05) is 45.6 Å². The lowest BCUT2D eigenvalue weighted by molar-refractivity contribution is -0.132. The maximum Gasteiger partial charge on any atom is 0.239 e. The van der Waals surface area contributed by atoms with E-state index < -0.39 is 6.04 Å². The highest BCUT2D eigenvalue weighted by Gasteiger charge is 2.24. The normalized spacial score (nSPS) is 16.6. The number of H-pyrrole nitrogens is 1. The topological polar surface area (TPSA) is 87.5 Å². The summed E-state index contributed by atoms with van der Waals surface area (Å²) in [6, 6.07) is -0.512. The van der Waals surface area contributed by atoms with Crippen molar-refractivity contribution in [3.05, 3.63) is 18.2 Å². The molecule has 1 amide bonds. The van der Waals surface area contributed by atoms with E-state index in [4.69, 9.17) is 10.5 Å². The van der Waals surface area contributed by atoms with Gasteiger partial charge in [-0.25, -0.2) is 4.98 Å². The number of amides is 1. The number of hydrogen-bond acceptors (Lipinski definition) is 5. The Morgan fingerprint density at radius 1 is 1.48 bits per heavy atom. The Morgan fingerprint density at radius 3 is 2.72 bits per heavy atom. The van der Waals surface area contributed by atoms with Crippen molar-refractivity contribution in [3.8, 4) is 0 Å². The number of carbonyl (C=O) groups excluding carboxylic acids is 1. The first-order valence-electron chi connectivity index (χ1n) is 8.29. The average molecular weight is 396 g/mol. The molecule has 1 aromatic heterocycles. The lowest BCUT2D eigenvalue weighted by Crippen LogP contribution is -2.46. The van der Waals surface area contributed by atoms with Crippen molar-refractivity contribution in [2.75, 3.05) is 46.9 Å². The van der Waals surface area contributed by atoms with Gasteiger partial charge in [-0.05, 0) is 31.8 Å². The van der Waals surface area contributed by atoms with Gasteiger partial charge in [0.1, 0.15) is 0 Å². The van der Waals surface area contributed by atoms with Crippen LogP contribution in [0.15, 0.2) is 12.5 Å². The lowest BCUT2D eigenvalue weighted by atomic mass is 9.96. The minimum Gasteiger partial charge on any atom is -0.383 e. The minimum absolute atomic E-state index is 0. The third-order valence-corrected chi connectivity index (χ3v) is 4.54. The molecule has 1 aromatic rings. The fourth-order valence-electron chi connectivity index (χ4n) is 3.09. The van der Waals surface area contributed by atoms with Gasteiger partial charge >= 0.3 is 0 Å². The quantitative estimate of drug-likeness (QED) is 0.683. The number of nitrogens with one attached hydrogen (secondary N) is 1. The van der Waals surface area contributed by atoms with Crippen LogP contribution in [0.1, 0.15) is 18.5 Å². The van der Waals surface area contributed by atoms with Gasteiger partial charge in [-0.3, -0.25) is 4.79 Å². The van der Waals surface area contributed by atoms with Crippen LogP contribution in [-0.4, -0.2) is 78.7 Å². The Morgan fingerprint density at radius 2 is 2.16 bits per heavy atom. The molecule has 2 rings (SSSR count). The number of nitrogens with zero attached hydrogens (tertiary/aromatic N) is 3. The molecule has 7 nitrogen and oxygen atoms in total. The van der Waals surface area contributed by atoms with Gasteiger partial charge in [-0.15, -0.1) is 24.8 Å². The molecule has 0 aliphatic carbocycles. The van der Waals surface area contributed by atoms with Crippen molar-refractivity contribution in [1.29, 1.82) is 0 Å². The summed E-state index contributed by atoms with van der Waals surface area (Å²) in [5, 5.41) is 0. The second kappa shape index (κ2) is 12.5. The van der Waals surface area contributed by atoms with Gasteiger partial charge in [0.05, 0.1) is 19.0 Å². The zero-order valence-corrected chi connectivity index (χ0v) is 16.7. The second-order valence-electron chi connectivity index (χ2n) is 6.38. The van der Waals surface area contributed by atoms with E-state index in [9.17, 15) is 4.79 Å². The van der Waals surface area contributed by atoms with Crippen molar-refractivity contribution in [1.82, 2.24) is 19.8 Å². The number of piperidine rings is 1. The second-order valence-corrected chi connectivity index (χ2v) is 6.38. The molecule has 0 unspecified atom stereocenters. The molecular formula is C16H31Cl2N5O2. The molecule has 1 fully saturated rings. The van der Waals surface area contributed by atoms with E-state index >= 15 is 0 Å². The number of likely N-dealkylation sites (N-methyl/N-ethyl adjacent to an activating group) is 1. The SMILES string of the molecule is COCCN1CCC(CN(C)C(=O)[C@@H](N)Cc2cnc[nH]2)CC1.Cl.Cl. The van der Waals surface area contributed by atoms with E-state index in [-0.39, 0.29) is 30.7 Å². The van der Waals surface area contributed by atoms with Gasteiger partial charge in [-0.1, -0.05) is 0 Å². The number of carbonyl (C=O) groups is 1. The first-order chi connectivity index (χ1) is 11.1. The molecule has 9 heteroatoms. The maximum atomic E-state index is 12.4. The van der Waals surface area contributed by atoms with E-state index in [1.165, 1.54) is 0 Å². The highest BCUT2D eigenvalue weighted by atomic mass is 35.5. The molecule has 0 aromatic carbocycles. The predicted octanol–water partition coefficient (Wildman–Crippen LogP) is 0.940. The molecule has 0 radical (unpaired) electrons. The molecule has 3 N–H and O–H groups in total. The van der Waals surface area contributed by atoms with Crippen LogP contribution in [0.5, 0.6) is 0 Å². The highest BCUT2D eigenvalue weighted by molar-refractivity contribution is 5.85. The van der Waals surface area contributed by atoms with Crippen LogP contribution >= 0.6 is 24.8 Å². The van der Waals surface area contributed by atoms with E-state index in [2.05, 4.69) is 14.9 Å². The van der Waals surface area contributed by atoms with E-state index in [1.807, 2.05) is 7.05 Å². The third-order valence-electron chi connectivity index (χ3n) is 4.54. The molecule has 1 atom stereocenters. The Bertz CT molecular complexity index is 467. The predicted molar refractivity (Wildman–Crippen MR) is 103 cm³/mol. The number of likely N-dealkylation sites (tertiary alicyclic amines) is 1. The van der Waals surface area contributed by atoms with Crippen LogP contribution in [0.2, 0.25) is 0 Å². The van der Waals surface area contributed by atoms with Gasteiger partial charge in [0.15, 0.2) is 0 Å². The maximum absolute atomic E-state index is 12.4. The molecule has 0 saturated carbocycles. The van der Waals surface area contributed by atoms with Crippen molar-refractivity contribution >= 4 is 30.7 Å². The van der Waals surface area contributed by atoms with Gasteiger partial charge in [-0.2, -0.15) is 0 Å². The lowest BCUT2D eigenvalue weighted by Gasteiger charge is -2.34. The molecule has 25 heavy (non-hydrogen) atoms. The Balaban J connectivity index is 0.00000288. The number of aromatic amines is 1. The standard InChI is InChI=1S/C16H29N5O2.2ClH/c1-20(16(22)15(17)9-14-10-18-12-19-14)11-13-3-5-21(6-4-13)7-8-23-2;;/h10,12-13,15H,3-9,11,17H2,1-2H3,(H,18,19);2*1H/t15-;;/m0../s1. The third kappa shape index (κ3) is 7.92. The molecule has 2 heterocycles. The number of halogens is 2. The molecule has 0 bridgehead atoms. The van der Waals surface area contributed by atoms with E-state index in [1.54, 1.807) is 24.5 Å². The van der Waals surface area contributed by atoms with Crippen LogP contribution in [0.3, 0.4) is 0 Å². The highest BCUT2D eigenvalue weighted by Crippen LogP contribution is 2.18. The van der Waals surface area contributed by atoms with Crippen LogP contribution < -0.4 is 5.73 Å². The van der Waals surface area contributed by atoms with Crippen LogP contribution in [0.4, 0.5) is 0 Å². The summed E-state index contributed by atoms with van der Waals surface area (Å²) in [4.78, 5) is 23.5. The Kier molecular flexibility index (Phi) is 12.1. The molecule has 1 saturated heterocycles. The summed E-state index contributed by atoms with van der Waals surface area (Å²) in [6.07, 6.45) is 6.06. The van der Waals surface area contributed by atoms with Crippen LogP contribution in [0.25, 0.3) is 0 Å². The summed E-state index contributed by atoms with van der Waals surface area (Å²) in [5.41, 5.74) is 6.92. The number of rotatable bonds is 8. The largest absolute Gasteiger partial charge is 0.383 e. The first-order valence-corrected chi connectivity index (χ1v) is 8.29. The molecular weight excluding hydrogens is 365 g/mol. The van der Waals surface area contributed by atoms with E-state index in [0.717, 1.165) is 51.3 Å². The van der Waals surface area contributed by atoms with Crippen LogP contribution in [0, 0.1) is 5.92 Å². The minimum atomic E-state index is -0.512. The molecule has 1 aliphatic heterocycles. The van der Waals surface area contributed by atoms with Gasteiger partial charge in [0.2, 0.25) is 5.91 Å². The number of nitrogens with two attached hydrogens (primary N) is 1. The summed E-state index contributed by atoms with van der Waals surface area (Å²) in [6.45, 7) is 4.72. The number of ether oxygens (including phenoxy) is 1. The van der Waals surface area contributed by atoms with Crippen molar-refractivity contribution in [3.63, 3.8) is 0 Å². The average Bonchev–Trinajstić information content (AvgIpc) is 3.06. The summed E-state index contributed by atoms with van der Waals surface area (Å²) in [5.74, 6) is 0.559. The monoisotopic (exact) mass is 395 g/mol. The molecule has 1 aliphatic rings. The molecule has 0 spiro atoms. The zero-order chi connectivity index (χ0) is 16.7. The summed E-state index contributed by atoms with van der Waals surface area (Å²) >= 11 is 0. The zero-order valence-electron chi connectivity index (χ0n) is 15.0. The van der Waals surface area contributed by atoms with Crippen molar-refractivity contribution < 1.29 is 9.53 Å². The fraction of sp³-hybridized carbons (Fsp3) is 0.750. The first kappa shape index (κ1) is 24.1. The molecule has 146 valence electrons. The Labute approximate surface area is 162 Å². The van der Waals surface area contributed by atoms with Crippen molar-refractivity contribution in [2.24, 2.45) is 11.7 Å². The smallest absolute Gasteiger partial charge is 0.239 e.